The van der Waals surface area contributed by atoms with Gasteiger partial charge in [0.15, 0.2) is 6.10 Å². The molecule has 0 spiro atoms. The number of nitrogens with zero attached hydrogens (tertiary/aromatic N) is 1. The molecule has 0 aliphatic carbocycles. The van der Waals surface area contributed by atoms with Crippen LogP contribution in [0.25, 0.3) is 0 Å². The molecule has 2 heterocycles. The van der Waals surface area contributed by atoms with E-state index in [1.54, 1.807) is 26.8 Å². The third-order valence-electron chi connectivity index (χ3n) is 5.41. The number of aliphatic hydroxyl groups excluding tert-OH is 1. The Balaban J connectivity index is 2.34. The molecule has 0 aromatic carbocycles. The summed E-state index contributed by atoms with van der Waals surface area (Å²) in [5, 5.41) is 8.98. The van der Waals surface area contributed by atoms with Crippen LogP contribution in [-0.4, -0.2) is 46.2 Å². The summed E-state index contributed by atoms with van der Waals surface area (Å²) in [5.41, 5.74) is -0.828. The number of carbonyl (C=O) groups excluding carboxylic acids is 3. The van der Waals surface area contributed by atoms with Gasteiger partial charge < -0.3 is 19.0 Å². The van der Waals surface area contributed by atoms with Crippen LogP contribution in [0.1, 0.15) is 72.0 Å². The molecule has 8 nitrogen and oxygen atoms in total. The van der Waals surface area contributed by atoms with Crippen molar-refractivity contribution in [2.75, 3.05) is 6.61 Å². The van der Waals surface area contributed by atoms with Gasteiger partial charge >= 0.3 is 12.1 Å². The maximum Gasteiger partial charge on any atom is 0.417 e. The maximum absolute atomic E-state index is 13.4. The monoisotopic (exact) mass is 501 g/mol. The van der Waals surface area contributed by atoms with Gasteiger partial charge in [0.05, 0.1) is 16.4 Å². The van der Waals surface area contributed by atoms with Gasteiger partial charge in [0.25, 0.3) is 0 Å². The summed E-state index contributed by atoms with van der Waals surface area (Å²) in [5.74, 6) is -1.01. The summed E-state index contributed by atoms with van der Waals surface area (Å²) in [6, 6.07) is 1.22. The van der Waals surface area contributed by atoms with Crippen molar-refractivity contribution in [3.8, 4) is 0 Å². The first-order valence-electron chi connectivity index (χ1n) is 10.5. The molecule has 0 radical (unpaired) electrons. The fourth-order valence-electron chi connectivity index (χ4n) is 4.16. The molecule has 1 aliphatic rings. The lowest BCUT2D eigenvalue weighted by atomic mass is 9.88. The first kappa shape index (κ1) is 25.4. The van der Waals surface area contributed by atoms with Gasteiger partial charge in [0.2, 0.25) is 5.91 Å². The topological polar surface area (TPSA) is 106 Å². The van der Waals surface area contributed by atoms with Crippen LogP contribution in [0.15, 0.2) is 15.0 Å². The molecule has 0 bridgehead atoms. The van der Waals surface area contributed by atoms with E-state index in [-0.39, 0.29) is 12.5 Å². The van der Waals surface area contributed by atoms with Crippen molar-refractivity contribution in [2.45, 2.75) is 78.6 Å². The minimum absolute atomic E-state index is 0.0272. The second-order valence-corrected chi connectivity index (χ2v) is 9.64. The predicted molar refractivity (Wildman–Crippen MR) is 116 cm³/mol. The van der Waals surface area contributed by atoms with E-state index in [1.807, 2.05) is 13.8 Å². The van der Waals surface area contributed by atoms with E-state index in [9.17, 15) is 14.4 Å². The van der Waals surface area contributed by atoms with Crippen molar-refractivity contribution in [1.82, 2.24) is 4.90 Å². The summed E-state index contributed by atoms with van der Waals surface area (Å²) in [6.45, 7) is 10.4. The van der Waals surface area contributed by atoms with Crippen LogP contribution in [0, 0.1) is 11.8 Å². The van der Waals surface area contributed by atoms with E-state index < -0.39 is 41.6 Å². The molecule has 1 saturated heterocycles. The van der Waals surface area contributed by atoms with Crippen LogP contribution in [0.4, 0.5) is 4.79 Å². The normalized spacial score (nSPS) is 20.0. The molecule has 0 unspecified atom stereocenters. The van der Waals surface area contributed by atoms with Gasteiger partial charge in [-0.15, -0.1) is 0 Å². The van der Waals surface area contributed by atoms with Gasteiger partial charge in [-0.3, -0.25) is 9.59 Å². The van der Waals surface area contributed by atoms with Crippen LogP contribution < -0.4 is 0 Å². The first-order valence-corrected chi connectivity index (χ1v) is 11.3. The number of aliphatic hydroxyl groups is 1. The Labute approximate surface area is 191 Å². The van der Waals surface area contributed by atoms with Crippen molar-refractivity contribution in [2.24, 2.45) is 11.8 Å². The van der Waals surface area contributed by atoms with E-state index in [4.69, 9.17) is 19.0 Å². The number of amides is 2. The fourth-order valence-corrected chi connectivity index (χ4v) is 4.66. The van der Waals surface area contributed by atoms with Gasteiger partial charge in [0, 0.05) is 20.0 Å². The lowest BCUT2D eigenvalue weighted by Crippen LogP contribution is -2.50. The molecule has 1 aliphatic heterocycles. The number of imide groups is 1. The zero-order valence-corrected chi connectivity index (χ0v) is 20.5. The smallest absolute Gasteiger partial charge is 0.417 e. The highest BCUT2D eigenvalue weighted by atomic mass is 79.9. The van der Waals surface area contributed by atoms with E-state index in [0.29, 0.717) is 28.8 Å². The van der Waals surface area contributed by atoms with Crippen LogP contribution in [0.2, 0.25) is 0 Å². The summed E-state index contributed by atoms with van der Waals surface area (Å²) in [7, 11) is 0. The number of hydrogen-bond donors (Lipinski definition) is 1. The van der Waals surface area contributed by atoms with Crippen LogP contribution in [-0.2, 0) is 25.5 Å². The highest BCUT2D eigenvalue weighted by molar-refractivity contribution is 9.10. The number of rotatable bonds is 9. The molecule has 1 aromatic rings. The number of aryl methyl sites for hydroxylation is 1. The summed E-state index contributed by atoms with van der Waals surface area (Å²) in [6.07, 6.45) is 0.233. The SMILES string of the molecule is CC(=O)O[C@H](c1cc(Br)c(CCCCO)o1)[C@H](C)C(=O)N1C(=O)OC(C)(C)[C@@H]1C(C)C. The Bertz CT molecular complexity index is 817. The van der Waals surface area contributed by atoms with Gasteiger partial charge in [-0.25, -0.2) is 9.69 Å². The summed E-state index contributed by atoms with van der Waals surface area (Å²) in [4.78, 5) is 38.9. The van der Waals surface area contributed by atoms with Crippen molar-refractivity contribution in [3.63, 3.8) is 0 Å². The zero-order chi connectivity index (χ0) is 23.5. The fraction of sp³-hybridized carbons (Fsp3) is 0.682. The maximum atomic E-state index is 13.4. The van der Waals surface area contributed by atoms with E-state index in [0.717, 1.165) is 11.3 Å². The standard InChI is InChI=1S/C22H32BrNO7/c1-12(2)19-22(5,6)31-21(28)24(19)20(27)13(3)18(29-14(4)26)17-11-15(23)16(30-17)9-7-8-10-25/h11-13,18-19,25H,7-10H2,1-6H3/t13-,18-,19-/m0/s1. The third-order valence-corrected chi connectivity index (χ3v) is 6.08. The Morgan fingerprint density at radius 3 is 2.48 bits per heavy atom. The largest absolute Gasteiger partial charge is 0.461 e. The average molecular weight is 502 g/mol. The summed E-state index contributed by atoms with van der Waals surface area (Å²) < 4.78 is 17.5. The van der Waals surface area contributed by atoms with Gasteiger partial charge in [-0.05, 0) is 61.5 Å². The number of unbranched alkanes of at least 4 members (excludes halogenated alkanes) is 1. The number of hydrogen-bond acceptors (Lipinski definition) is 7. The van der Waals surface area contributed by atoms with Crippen LogP contribution in [0.3, 0.4) is 0 Å². The Morgan fingerprint density at radius 1 is 1.29 bits per heavy atom. The van der Waals surface area contributed by atoms with Crippen molar-refractivity contribution < 1.29 is 33.4 Å². The highest BCUT2D eigenvalue weighted by Gasteiger charge is 2.53. The minimum Gasteiger partial charge on any atom is -0.461 e. The minimum atomic E-state index is -1.00. The molecule has 2 amide bonds. The molecule has 1 N–H and O–H groups in total. The second-order valence-electron chi connectivity index (χ2n) is 8.79. The molecule has 3 atom stereocenters. The average Bonchev–Trinajstić information content (AvgIpc) is 3.14. The number of esters is 1. The highest BCUT2D eigenvalue weighted by Crippen LogP contribution is 2.38. The number of furan rings is 1. The molecule has 0 saturated carbocycles. The van der Waals surface area contributed by atoms with Gasteiger partial charge in [-0.1, -0.05) is 13.8 Å². The van der Waals surface area contributed by atoms with E-state index in [2.05, 4.69) is 15.9 Å². The molecule has 31 heavy (non-hydrogen) atoms. The molecule has 174 valence electrons. The molecular weight excluding hydrogens is 470 g/mol. The number of halogens is 1. The second kappa shape index (κ2) is 10.2. The first-order chi connectivity index (χ1) is 14.4. The number of ether oxygens (including phenoxy) is 2. The molecule has 2 rings (SSSR count). The number of cyclic esters (lactones) is 1. The lowest BCUT2D eigenvalue weighted by molar-refractivity contribution is -0.155. The van der Waals surface area contributed by atoms with Gasteiger partial charge in [0.1, 0.15) is 17.1 Å². The quantitative estimate of drug-likeness (QED) is 0.395. The summed E-state index contributed by atoms with van der Waals surface area (Å²) >= 11 is 3.44. The molecular formula is C22H32BrNO7. The van der Waals surface area contributed by atoms with E-state index >= 15 is 0 Å². The molecule has 1 fully saturated rings. The molecule has 1 aromatic heterocycles. The Hall–Kier alpha value is -1.87. The molecule has 9 heteroatoms. The van der Waals surface area contributed by atoms with Crippen LogP contribution >= 0.6 is 15.9 Å². The number of carbonyl (C=O) groups is 3. The van der Waals surface area contributed by atoms with Crippen molar-refractivity contribution in [1.29, 1.82) is 0 Å². The Morgan fingerprint density at radius 2 is 1.94 bits per heavy atom. The zero-order valence-electron chi connectivity index (χ0n) is 18.9. The third kappa shape index (κ3) is 5.68. The predicted octanol–water partition coefficient (Wildman–Crippen LogP) is 4.38. The van der Waals surface area contributed by atoms with Crippen molar-refractivity contribution in [3.05, 3.63) is 22.1 Å². The van der Waals surface area contributed by atoms with Gasteiger partial charge in [-0.2, -0.15) is 0 Å². The lowest BCUT2D eigenvalue weighted by Gasteiger charge is -2.33. The van der Waals surface area contributed by atoms with E-state index in [1.165, 1.54) is 6.92 Å². The Kier molecular flexibility index (Phi) is 8.33. The van der Waals surface area contributed by atoms with Crippen molar-refractivity contribution >= 4 is 33.9 Å². The van der Waals surface area contributed by atoms with Crippen LogP contribution in [0.5, 0.6) is 0 Å².